The lowest BCUT2D eigenvalue weighted by atomic mass is 10.2. The zero-order chi connectivity index (χ0) is 13.1. The van der Waals surface area contributed by atoms with E-state index in [1.54, 1.807) is 7.11 Å². The topological polar surface area (TPSA) is 39.1 Å². The van der Waals surface area contributed by atoms with E-state index in [1.807, 2.05) is 12.5 Å². The van der Waals surface area contributed by atoms with Crippen molar-refractivity contribution in [3.63, 3.8) is 0 Å². The van der Waals surface area contributed by atoms with Crippen molar-refractivity contribution in [2.24, 2.45) is 0 Å². The molecule has 0 radical (unpaired) electrons. The molecule has 1 aromatic heterocycles. The molecule has 1 aliphatic carbocycles. The molecule has 1 heterocycles. The lowest BCUT2D eigenvalue weighted by Crippen LogP contribution is -2.06. The molecule has 0 spiro atoms. The monoisotopic (exact) mass is 257 g/mol. The minimum Gasteiger partial charge on any atom is -0.380 e. The minimum atomic E-state index is 0.648. The maximum absolute atomic E-state index is 5.15. The quantitative estimate of drug-likeness (QED) is 0.864. The van der Waals surface area contributed by atoms with Crippen LogP contribution in [-0.2, 0) is 17.9 Å². The second-order valence-corrected chi connectivity index (χ2v) is 5.01. The highest BCUT2D eigenvalue weighted by atomic mass is 16.5. The van der Waals surface area contributed by atoms with Crippen molar-refractivity contribution in [1.29, 1.82) is 0 Å². The summed E-state index contributed by atoms with van der Waals surface area (Å²) in [4.78, 5) is 4.25. The van der Waals surface area contributed by atoms with Crippen LogP contribution in [0.15, 0.2) is 36.8 Å². The Morgan fingerprint density at radius 2 is 2.32 bits per heavy atom. The molecule has 0 atom stereocenters. The van der Waals surface area contributed by atoms with E-state index >= 15 is 0 Å². The molecule has 1 N–H and O–H groups in total. The van der Waals surface area contributed by atoms with Gasteiger partial charge in [0, 0.05) is 25.0 Å². The molecule has 2 aromatic rings. The highest BCUT2D eigenvalue weighted by Gasteiger charge is 2.24. The Balaban J connectivity index is 1.65. The first-order valence-electron chi connectivity index (χ1n) is 6.69. The number of aromatic nitrogens is 2. The third-order valence-corrected chi connectivity index (χ3v) is 3.40. The van der Waals surface area contributed by atoms with E-state index in [0.717, 1.165) is 12.2 Å². The Morgan fingerprint density at radius 1 is 1.42 bits per heavy atom. The van der Waals surface area contributed by atoms with Crippen LogP contribution in [0.4, 0.5) is 5.69 Å². The summed E-state index contributed by atoms with van der Waals surface area (Å²) in [7, 11) is 1.72. The van der Waals surface area contributed by atoms with Gasteiger partial charge in [-0.3, -0.25) is 0 Å². The average Bonchev–Trinajstić information content (AvgIpc) is 3.16. The van der Waals surface area contributed by atoms with Crippen LogP contribution < -0.4 is 5.32 Å². The smallest absolute Gasteiger partial charge is 0.0951 e. The normalized spacial score (nSPS) is 14.6. The van der Waals surface area contributed by atoms with Gasteiger partial charge in [0.2, 0.25) is 0 Å². The highest BCUT2D eigenvalue weighted by Crippen LogP contribution is 2.35. The summed E-state index contributed by atoms with van der Waals surface area (Å²) in [6.07, 6.45) is 6.46. The predicted molar refractivity (Wildman–Crippen MR) is 75.0 cm³/mol. The molecule has 19 heavy (non-hydrogen) atoms. The van der Waals surface area contributed by atoms with Crippen molar-refractivity contribution < 1.29 is 4.74 Å². The van der Waals surface area contributed by atoms with Gasteiger partial charge in [-0.2, -0.15) is 0 Å². The molecule has 0 bridgehead atoms. The van der Waals surface area contributed by atoms with Gasteiger partial charge < -0.3 is 14.6 Å². The average molecular weight is 257 g/mol. The number of hydrogen-bond donors (Lipinski definition) is 1. The largest absolute Gasteiger partial charge is 0.380 e. The van der Waals surface area contributed by atoms with Crippen molar-refractivity contribution >= 4 is 5.69 Å². The predicted octanol–water partition coefficient (Wildman–Crippen LogP) is 2.98. The Labute approximate surface area is 113 Å². The molecule has 3 rings (SSSR count). The van der Waals surface area contributed by atoms with Gasteiger partial charge in [0.25, 0.3) is 0 Å². The second kappa shape index (κ2) is 5.45. The SMILES string of the molecule is COCc1cccc(NCc2cncn2C2CC2)c1. The molecule has 1 fully saturated rings. The number of nitrogens with zero attached hydrogens (tertiary/aromatic N) is 2. The van der Waals surface area contributed by atoms with Gasteiger partial charge in [-0.1, -0.05) is 12.1 Å². The van der Waals surface area contributed by atoms with Crippen LogP contribution in [0.5, 0.6) is 0 Å². The fourth-order valence-electron chi connectivity index (χ4n) is 2.28. The molecular formula is C15H19N3O. The van der Waals surface area contributed by atoms with Gasteiger partial charge in [0.1, 0.15) is 0 Å². The molecule has 100 valence electrons. The number of nitrogens with one attached hydrogen (secondary N) is 1. The zero-order valence-corrected chi connectivity index (χ0v) is 11.2. The van der Waals surface area contributed by atoms with E-state index in [-0.39, 0.29) is 0 Å². The summed E-state index contributed by atoms with van der Waals surface area (Å²) >= 11 is 0. The lowest BCUT2D eigenvalue weighted by Gasteiger charge is -2.10. The zero-order valence-electron chi connectivity index (χ0n) is 11.2. The van der Waals surface area contributed by atoms with Crippen LogP contribution in [0.3, 0.4) is 0 Å². The number of benzene rings is 1. The molecule has 0 amide bonds. The van der Waals surface area contributed by atoms with Crippen LogP contribution in [0.25, 0.3) is 0 Å². The van der Waals surface area contributed by atoms with Crippen molar-refractivity contribution in [3.05, 3.63) is 48.0 Å². The number of methoxy groups -OCH3 is 1. The van der Waals surface area contributed by atoms with E-state index in [9.17, 15) is 0 Å². The molecule has 0 saturated heterocycles. The summed E-state index contributed by atoms with van der Waals surface area (Å²) in [5.74, 6) is 0. The molecule has 4 heteroatoms. The maximum atomic E-state index is 5.15. The third kappa shape index (κ3) is 2.96. The first-order chi connectivity index (χ1) is 9.36. The number of hydrogen-bond acceptors (Lipinski definition) is 3. The van der Waals surface area contributed by atoms with Crippen LogP contribution >= 0.6 is 0 Å². The van der Waals surface area contributed by atoms with Crippen LogP contribution in [0.2, 0.25) is 0 Å². The Morgan fingerprint density at radius 3 is 3.11 bits per heavy atom. The molecule has 0 unspecified atom stereocenters. The Hall–Kier alpha value is -1.81. The van der Waals surface area contributed by atoms with E-state index in [4.69, 9.17) is 4.74 Å². The summed E-state index contributed by atoms with van der Waals surface area (Å²) in [5.41, 5.74) is 3.56. The molecule has 1 aromatic carbocycles. The number of rotatable bonds is 6. The fraction of sp³-hybridized carbons (Fsp3) is 0.400. The second-order valence-electron chi connectivity index (χ2n) is 5.01. The highest BCUT2D eigenvalue weighted by molar-refractivity contribution is 5.45. The molecular weight excluding hydrogens is 238 g/mol. The van der Waals surface area contributed by atoms with Crippen molar-refractivity contribution in [3.8, 4) is 0 Å². The van der Waals surface area contributed by atoms with Gasteiger partial charge >= 0.3 is 0 Å². The van der Waals surface area contributed by atoms with E-state index in [1.165, 1.54) is 24.1 Å². The van der Waals surface area contributed by atoms with Gasteiger partial charge in [-0.25, -0.2) is 4.98 Å². The summed E-state index contributed by atoms with van der Waals surface area (Å²) in [6.45, 7) is 1.46. The van der Waals surface area contributed by atoms with Crippen LogP contribution in [0.1, 0.15) is 30.1 Å². The summed E-state index contributed by atoms with van der Waals surface area (Å²) in [5, 5.41) is 3.45. The first kappa shape index (κ1) is 12.2. The number of anilines is 1. The molecule has 1 aliphatic rings. The van der Waals surface area contributed by atoms with E-state index < -0.39 is 0 Å². The van der Waals surface area contributed by atoms with E-state index in [2.05, 4.69) is 39.1 Å². The molecule has 0 aliphatic heterocycles. The van der Waals surface area contributed by atoms with E-state index in [0.29, 0.717) is 12.6 Å². The van der Waals surface area contributed by atoms with Gasteiger partial charge in [0.05, 0.1) is 25.2 Å². The molecule has 1 saturated carbocycles. The molecule has 4 nitrogen and oxygen atoms in total. The Bertz CT molecular complexity index is 546. The fourth-order valence-corrected chi connectivity index (χ4v) is 2.28. The van der Waals surface area contributed by atoms with Crippen LogP contribution in [-0.4, -0.2) is 16.7 Å². The minimum absolute atomic E-state index is 0.648. The first-order valence-corrected chi connectivity index (χ1v) is 6.69. The standard InChI is InChI=1S/C15H19N3O/c1-19-10-12-3-2-4-13(7-12)17-9-15-8-16-11-18(15)14-5-6-14/h2-4,7-8,11,14,17H,5-6,9-10H2,1H3. The van der Waals surface area contributed by atoms with Gasteiger partial charge in [0.15, 0.2) is 0 Å². The van der Waals surface area contributed by atoms with Gasteiger partial charge in [-0.15, -0.1) is 0 Å². The van der Waals surface area contributed by atoms with Crippen molar-refractivity contribution in [2.75, 3.05) is 12.4 Å². The number of imidazole rings is 1. The van der Waals surface area contributed by atoms with Crippen molar-refractivity contribution in [1.82, 2.24) is 9.55 Å². The van der Waals surface area contributed by atoms with Crippen LogP contribution in [0, 0.1) is 0 Å². The summed E-state index contributed by atoms with van der Waals surface area (Å²) < 4.78 is 7.43. The van der Waals surface area contributed by atoms with Crippen molar-refractivity contribution in [2.45, 2.75) is 32.0 Å². The summed E-state index contributed by atoms with van der Waals surface area (Å²) in [6, 6.07) is 9.01. The number of ether oxygens (including phenoxy) is 1. The lowest BCUT2D eigenvalue weighted by molar-refractivity contribution is 0.185. The Kier molecular flexibility index (Phi) is 3.51. The maximum Gasteiger partial charge on any atom is 0.0951 e. The van der Waals surface area contributed by atoms with Gasteiger partial charge in [-0.05, 0) is 30.5 Å². The third-order valence-electron chi connectivity index (χ3n) is 3.40.